The third-order valence-corrected chi connectivity index (χ3v) is 3.34. The third kappa shape index (κ3) is 3.07. The van der Waals surface area contributed by atoms with Crippen LogP contribution in [-0.4, -0.2) is 0 Å². The summed E-state index contributed by atoms with van der Waals surface area (Å²) in [7, 11) is 0. The van der Waals surface area contributed by atoms with Crippen molar-refractivity contribution in [2.75, 3.05) is 5.32 Å². The monoisotopic (exact) mass is 299 g/mol. The van der Waals surface area contributed by atoms with Crippen molar-refractivity contribution in [2.45, 2.75) is 19.9 Å². The lowest BCUT2D eigenvalue weighted by molar-refractivity contribution is 0.571. The van der Waals surface area contributed by atoms with E-state index in [1.807, 2.05) is 0 Å². The van der Waals surface area contributed by atoms with Crippen molar-refractivity contribution in [1.82, 2.24) is 0 Å². The van der Waals surface area contributed by atoms with E-state index in [0.717, 1.165) is 12.1 Å². The summed E-state index contributed by atoms with van der Waals surface area (Å²) in [5, 5.41) is 2.93. The van der Waals surface area contributed by atoms with Gasteiger partial charge in [-0.2, -0.15) is 0 Å². The summed E-state index contributed by atoms with van der Waals surface area (Å²) in [6.07, 6.45) is 0. The first-order valence-corrected chi connectivity index (χ1v) is 6.43. The minimum Gasteiger partial charge on any atom is -0.378 e. The Bertz CT molecular complexity index is 643. The van der Waals surface area contributed by atoms with E-state index in [9.17, 15) is 13.2 Å². The second-order valence-electron chi connectivity index (χ2n) is 4.62. The van der Waals surface area contributed by atoms with Crippen molar-refractivity contribution in [3.8, 4) is 0 Å². The Balaban J connectivity index is 2.25. The number of rotatable bonds is 3. The van der Waals surface area contributed by atoms with Crippen LogP contribution >= 0.6 is 11.6 Å². The molecule has 0 saturated carbocycles. The van der Waals surface area contributed by atoms with E-state index in [1.54, 1.807) is 6.92 Å². The number of anilines is 1. The van der Waals surface area contributed by atoms with Crippen molar-refractivity contribution in [3.63, 3.8) is 0 Å². The van der Waals surface area contributed by atoms with Crippen LogP contribution in [-0.2, 0) is 0 Å². The second kappa shape index (κ2) is 5.75. The van der Waals surface area contributed by atoms with Crippen molar-refractivity contribution in [3.05, 3.63) is 63.9 Å². The zero-order chi connectivity index (χ0) is 14.9. The van der Waals surface area contributed by atoms with Crippen LogP contribution in [0, 0.1) is 24.4 Å². The van der Waals surface area contributed by atoms with Gasteiger partial charge >= 0.3 is 0 Å². The summed E-state index contributed by atoms with van der Waals surface area (Å²) in [5.74, 6) is -1.48. The molecule has 106 valence electrons. The minimum atomic E-state index is -0.530. The molecule has 0 aliphatic heterocycles. The van der Waals surface area contributed by atoms with E-state index in [2.05, 4.69) is 5.32 Å². The van der Waals surface area contributed by atoms with E-state index in [-0.39, 0.29) is 16.1 Å². The molecule has 1 atom stereocenters. The molecule has 2 aromatic rings. The summed E-state index contributed by atoms with van der Waals surface area (Å²) in [6, 6.07) is 5.93. The fraction of sp³-hybridized carbons (Fsp3) is 0.200. The van der Waals surface area contributed by atoms with Crippen molar-refractivity contribution in [2.24, 2.45) is 0 Å². The molecule has 0 aliphatic carbocycles. The lowest BCUT2D eigenvalue weighted by Gasteiger charge is -2.17. The first-order valence-electron chi connectivity index (χ1n) is 6.05. The van der Waals surface area contributed by atoms with Crippen LogP contribution in [0.3, 0.4) is 0 Å². The zero-order valence-corrected chi connectivity index (χ0v) is 11.7. The Morgan fingerprint density at radius 2 is 1.70 bits per heavy atom. The quantitative estimate of drug-likeness (QED) is 0.817. The number of hydrogen-bond acceptors (Lipinski definition) is 1. The highest BCUT2D eigenvalue weighted by atomic mass is 35.5. The molecule has 0 radical (unpaired) electrons. The summed E-state index contributed by atoms with van der Waals surface area (Å²) in [4.78, 5) is 0. The summed E-state index contributed by atoms with van der Waals surface area (Å²) < 4.78 is 40.4. The SMILES string of the molecule is Cc1cc(F)c(C(C)Nc2ccc(F)c(Cl)c2)cc1F. The molecule has 0 aromatic heterocycles. The van der Waals surface area contributed by atoms with Crippen LogP contribution in [0.2, 0.25) is 5.02 Å². The van der Waals surface area contributed by atoms with Crippen LogP contribution in [0.1, 0.15) is 24.1 Å². The van der Waals surface area contributed by atoms with Crippen LogP contribution in [0.4, 0.5) is 18.9 Å². The molecule has 0 saturated heterocycles. The van der Waals surface area contributed by atoms with Gasteiger partial charge in [0.1, 0.15) is 17.5 Å². The highest BCUT2D eigenvalue weighted by molar-refractivity contribution is 6.31. The van der Waals surface area contributed by atoms with Crippen LogP contribution in [0.5, 0.6) is 0 Å². The molecule has 0 bridgehead atoms. The Morgan fingerprint density at radius 1 is 1.00 bits per heavy atom. The molecule has 2 aromatic carbocycles. The Kier molecular flexibility index (Phi) is 4.23. The predicted octanol–water partition coefficient (Wildman–Crippen LogP) is 5.24. The van der Waals surface area contributed by atoms with Crippen LogP contribution in [0.15, 0.2) is 30.3 Å². The van der Waals surface area contributed by atoms with E-state index in [4.69, 9.17) is 11.6 Å². The molecular formula is C15H13ClF3N. The Labute approximate surface area is 120 Å². The van der Waals surface area contributed by atoms with E-state index in [1.165, 1.54) is 25.1 Å². The molecular weight excluding hydrogens is 287 g/mol. The van der Waals surface area contributed by atoms with Gasteiger partial charge in [0.05, 0.1) is 11.1 Å². The maximum Gasteiger partial charge on any atom is 0.141 e. The maximum atomic E-state index is 13.8. The first kappa shape index (κ1) is 14.7. The van der Waals surface area contributed by atoms with Gasteiger partial charge in [0.25, 0.3) is 0 Å². The fourth-order valence-corrected chi connectivity index (χ4v) is 2.09. The molecule has 0 amide bonds. The first-order chi connectivity index (χ1) is 9.38. The standard InChI is InChI=1S/C15H13ClF3N/c1-8-5-15(19)11(7-14(8)18)9(2)20-10-3-4-13(17)12(16)6-10/h3-7,9,20H,1-2H3. The zero-order valence-electron chi connectivity index (χ0n) is 11.0. The number of nitrogens with one attached hydrogen (secondary N) is 1. The van der Waals surface area contributed by atoms with E-state index >= 15 is 0 Å². The molecule has 0 aliphatic rings. The van der Waals surface area contributed by atoms with Gasteiger partial charge < -0.3 is 5.32 Å². The van der Waals surface area contributed by atoms with Gasteiger partial charge in [0, 0.05) is 11.3 Å². The van der Waals surface area contributed by atoms with Crippen molar-refractivity contribution >= 4 is 17.3 Å². The molecule has 1 N–H and O–H groups in total. The molecule has 5 heteroatoms. The van der Waals surface area contributed by atoms with Gasteiger partial charge in [-0.1, -0.05) is 11.6 Å². The van der Waals surface area contributed by atoms with Gasteiger partial charge in [-0.15, -0.1) is 0 Å². The van der Waals surface area contributed by atoms with Crippen molar-refractivity contribution in [1.29, 1.82) is 0 Å². The molecule has 0 fully saturated rings. The second-order valence-corrected chi connectivity index (χ2v) is 5.03. The summed E-state index contributed by atoms with van der Waals surface area (Å²) in [6.45, 7) is 3.19. The smallest absolute Gasteiger partial charge is 0.141 e. The number of hydrogen-bond donors (Lipinski definition) is 1. The van der Waals surface area contributed by atoms with E-state index in [0.29, 0.717) is 5.69 Å². The van der Waals surface area contributed by atoms with E-state index < -0.39 is 23.5 Å². The van der Waals surface area contributed by atoms with Crippen LogP contribution in [0.25, 0.3) is 0 Å². The summed E-state index contributed by atoms with van der Waals surface area (Å²) >= 11 is 5.67. The Morgan fingerprint density at radius 3 is 2.35 bits per heavy atom. The number of aryl methyl sites for hydroxylation is 1. The summed E-state index contributed by atoms with van der Waals surface area (Å²) in [5.41, 5.74) is 0.987. The molecule has 20 heavy (non-hydrogen) atoms. The average Bonchev–Trinajstić information content (AvgIpc) is 2.38. The van der Waals surface area contributed by atoms with Gasteiger partial charge in [-0.3, -0.25) is 0 Å². The fourth-order valence-electron chi connectivity index (χ4n) is 1.91. The topological polar surface area (TPSA) is 12.0 Å². The lowest BCUT2D eigenvalue weighted by atomic mass is 10.0. The number of benzene rings is 2. The maximum absolute atomic E-state index is 13.8. The van der Waals surface area contributed by atoms with Gasteiger partial charge in [0.15, 0.2) is 0 Å². The number of halogens is 4. The molecule has 1 unspecified atom stereocenters. The molecule has 1 nitrogen and oxygen atoms in total. The normalized spacial score (nSPS) is 12.3. The highest BCUT2D eigenvalue weighted by Gasteiger charge is 2.14. The highest BCUT2D eigenvalue weighted by Crippen LogP contribution is 2.26. The third-order valence-electron chi connectivity index (χ3n) is 3.05. The van der Waals surface area contributed by atoms with Crippen molar-refractivity contribution < 1.29 is 13.2 Å². The Hall–Kier alpha value is -1.68. The molecule has 0 spiro atoms. The lowest BCUT2D eigenvalue weighted by Crippen LogP contribution is -2.09. The van der Waals surface area contributed by atoms with Gasteiger partial charge in [-0.25, -0.2) is 13.2 Å². The van der Waals surface area contributed by atoms with Gasteiger partial charge in [-0.05, 0) is 49.7 Å². The van der Waals surface area contributed by atoms with Gasteiger partial charge in [0.2, 0.25) is 0 Å². The average molecular weight is 300 g/mol. The minimum absolute atomic E-state index is 0.0299. The van der Waals surface area contributed by atoms with Crippen LogP contribution < -0.4 is 5.32 Å². The largest absolute Gasteiger partial charge is 0.378 e. The molecule has 0 heterocycles. The molecule has 2 rings (SSSR count). The predicted molar refractivity (Wildman–Crippen MR) is 74.5 cm³/mol.